The second-order valence-corrected chi connectivity index (χ2v) is 52.8. The maximum atomic E-state index is 15.6. The summed E-state index contributed by atoms with van der Waals surface area (Å²) in [4.78, 5) is -4.29. The molecule has 0 N–H and O–H groups in total. The molecule has 0 aromatic heterocycles. The van der Waals surface area contributed by atoms with Gasteiger partial charge < -0.3 is 4.90 Å². The first-order chi connectivity index (χ1) is 36.2. The van der Waals surface area contributed by atoms with Crippen LogP contribution in [0.25, 0.3) is 0 Å². The van der Waals surface area contributed by atoms with Gasteiger partial charge in [-0.1, -0.05) is 18.2 Å². The Morgan fingerprint density at radius 3 is 0.750 bits per heavy atom. The summed E-state index contributed by atoms with van der Waals surface area (Å²) in [7, 11) is -3.89. The van der Waals surface area contributed by atoms with Gasteiger partial charge >= 0.3 is 375 Å². The first-order valence-corrected chi connectivity index (χ1v) is 32.5. The van der Waals surface area contributed by atoms with Crippen LogP contribution in [-0.2, 0) is 55.9 Å². The zero-order valence-corrected chi connectivity index (χ0v) is 43.4. The van der Waals surface area contributed by atoms with E-state index in [1.807, 2.05) is 32.3 Å². The van der Waals surface area contributed by atoms with Crippen LogP contribution >= 0.6 is 15.8 Å². The minimum atomic E-state index is -7.57. The van der Waals surface area contributed by atoms with E-state index in [0.29, 0.717) is 48.5 Å². The SMILES string of the molecule is CN(C)c1ccccc1.C[C]12[CH]3[CH]4[CH]5[C]1(P(c1cccc(C(F)(F)F)c1C(F)(F)F)c1cccc(C(F)(F)F)c1C(F)(F)F)[Fe]43521678[CH]2[CH]1[C]6(C)[C@@]7(P(c1cccc(C(F)(F)F)c1C(F)(F)F)c1cccc(C(F)(F)F)c1C(F)(F)F)[CH]28. The standard InChI is InChI=1S/2C22H12F12P.C8H11N.Fe/c2*1-11-5-2-8-14(11)35(15-9-3-6-12(19(23,24)25)17(15)21(29,30)31)16-10-4-7-13(20(26,27)28)18(16)22(32,33)34;1-9(2)8-6-4-3-5-7-8;/h2*2-10H,1H3;3-7H,1-2H3;. The quantitative estimate of drug-likeness (QED) is 0.0892. The molecule has 15 rings (SSSR count). The van der Waals surface area contributed by atoms with Gasteiger partial charge in [0.1, 0.15) is 0 Å². The van der Waals surface area contributed by atoms with Crippen LogP contribution in [0.5, 0.6) is 0 Å². The van der Waals surface area contributed by atoms with E-state index in [1.54, 1.807) is 0 Å². The van der Waals surface area contributed by atoms with E-state index in [2.05, 4.69) is 17.0 Å². The van der Waals surface area contributed by atoms with Gasteiger partial charge in [-0.3, -0.25) is 0 Å². The summed E-state index contributed by atoms with van der Waals surface area (Å²) in [6.07, 6.45) is -48.6. The van der Waals surface area contributed by atoms with Gasteiger partial charge in [0.2, 0.25) is 0 Å². The van der Waals surface area contributed by atoms with E-state index in [0.717, 1.165) is 0 Å². The Morgan fingerprint density at radius 2 is 0.588 bits per heavy atom. The zero-order valence-electron chi connectivity index (χ0n) is 40.5. The van der Waals surface area contributed by atoms with Gasteiger partial charge in [0, 0.05) is 19.8 Å². The van der Waals surface area contributed by atoms with Crippen LogP contribution in [-0.4, -0.2) is 22.2 Å². The van der Waals surface area contributed by atoms with E-state index < -0.39 is 183 Å². The number of hydrogen-bond donors (Lipinski definition) is 0. The maximum absolute atomic E-state index is 15.6. The number of nitrogens with zero attached hydrogens (tertiary/aromatic N) is 1. The summed E-state index contributed by atoms with van der Waals surface area (Å²) in [6.45, 7) is -4.94. The molecular formula is C52H35F24FeNP2. The topological polar surface area (TPSA) is 3.24 Å². The van der Waals surface area contributed by atoms with Gasteiger partial charge in [-0.25, -0.2) is 0 Å². The fourth-order valence-corrected chi connectivity index (χ4v) is 139. The molecule has 1 nitrogen and oxygen atoms in total. The van der Waals surface area contributed by atoms with Gasteiger partial charge in [0.25, 0.3) is 0 Å². The van der Waals surface area contributed by atoms with Crippen molar-refractivity contribution >= 4 is 42.7 Å². The van der Waals surface area contributed by atoms with Gasteiger partial charge in [0.05, 0.1) is 0 Å². The van der Waals surface area contributed by atoms with E-state index >= 15 is 52.7 Å². The third kappa shape index (κ3) is 2.50. The van der Waals surface area contributed by atoms with Crippen LogP contribution in [0.1, 0.15) is 58.4 Å². The Bertz CT molecular complexity index is 3700. The van der Waals surface area contributed by atoms with E-state index in [-0.39, 0.29) is 24.3 Å². The summed E-state index contributed by atoms with van der Waals surface area (Å²) >= 11 is 0. The van der Waals surface area contributed by atoms with Crippen molar-refractivity contribution in [1.82, 2.24) is 0 Å². The number of halogens is 24. The Morgan fingerprint density at radius 1 is 0.338 bits per heavy atom. The number of rotatable bonds is 7. The fourth-order valence-electron chi connectivity index (χ4n) is 27.2. The average Bonchev–Trinajstić information content (AvgIpc) is 1.02. The first kappa shape index (κ1) is 53.6. The molecule has 28 heteroatoms. The predicted molar refractivity (Wildman–Crippen MR) is 244 cm³/mol. The molecule has 5 aromatic rings. The molecule has 0 radical (unpaired) electrons. The number of anilines is 1. The number of benzene rings is 5. The molecule has 10 atom stereocenters. The normalized spacial score (nSPS) is 39.1. The predicted octanol–water partition coefficient (Wildman–Crippen LogP) is 18.1. The van der Waals surface area contributed by atoms with Crippen LogP contribution < -0.4 is 26.1 Å². The van der Waals surface area contributed by atoms with Crippen LogP contribution in [0.3, 0.4) is 0 Å². The molecule has 9 unspecified atom stereocenters. The van der Waals surface area contributed by atoms with E-state index in [1.165, 1.54) is 19.5 Å². The zero-order chi connectivity index (χ0) is 59.0. The van der Waals surface area contributed by atoms with Crippen LogP contribution in [0.15, 0.2) is 103 Å². The molecule has 10 saturated heterocycles. The summed E-state index contributed by atoms with van der Waals surface area (Å²) in [5.41, 5.74) is -19.2. The second-order valence-electron chi connectivity index (χ2n) is 24.2. The van der Waals surface area contributed by atoms with Crippen LogP contribution in [0, 0.1) is 0 Å². The molecule has 5 aromatic carbocycles. The van der Waals surface area contributed by atoms with E-state index in [4.69, 9.17) is 0 Å². The Balaban J connectivity index is 0.000000587. The molecular weight excluding hydrogens is 1210 g/mol. The first-order valence-electron chi connectivity index (χ1n) is 23.8. The summed E-state index contributed by atoms with van der Waals surface area (Å²) in [5, 5.41) is -6.24. The number of hydrogen-bond acceptors (Lipinski definition) is 1. The third-order valence-corrected chi connectivity index (χ3v) is 86.3. The van der Waals surface area contributed by atoms with Crippen molar-refractivity contribution in [2.75, 3.05) is 19.0 Å². The Hall–Kier alpha value is -4.40. The second kappa shape index (κ2) is 10.6. The van der Waals surface area contributed by atoms with Gasteiger partial charge in [-0.05, 0) is 12.1 Å². The number of fused-ring (bicyclic) bond motifs is 10. The number of alkyl halides is 24. The van der Waals surface area contributed by atoms with Crippen molar-refractivity contribution in [3.63, 3.8) is 0 Å². The summed E-state index contributed by atoms with van der Waals surface area (Å²) < 4.78 is 357. The van der Waals surface area contributed by atoms with Crippen LogP contribution in [0.4, 0.5) is 111 Å². The molecule has 0 aliphatic carbocycles. The molecule has 10 aliphatic heterocycles. The molecule has 1 spiro atoms. The Labute approximate surface area is 428 Å². The van der Waals surface area contributed by atoms with Crippen molar-refractivity contribution in [2.24, 2.45) is 0 Å². The molecule has 0 amide bonds. The summed E-state index contributed by atoms with van der Waals surface area (Å²) in [5.74, 6) is 0. The van der Waals surface area contributed by atoms with Crippen molar-refractivity contribution in [3.8, 4) is 0 Å². The minimum absolute atomic E-state index is 0.0857. The number of para-hydroxylation sites is 1. The summed E-state index contributed by atoms with van der Waals surface area (Å²) in [6, 6.07) is 12.9. The third-order valence-electron chi connectivity index (χ3n) is 25.9. The molecule has 80 heavy (non-hydrogen) atoms. The van der Waals surface area contributed by atoms with Gasteiger partial charge in [-0.15, -0.1) is 0 Å². The molecule has 0 saturated carbocycles. The van der Waals surface area contributed by atoms with Crippen molar-refractivity contribution in [2.45, 2.75) is 109 Å². The van der Waals surface area contributed by atoms with Crippen LogP contribution in [0.2, 0.25) is 37.5 Å². The van der Waals surface area contributed by atoms with Crippen molar-refractivity contribution in [3.05, 3.63) is 148 Å². The van der Waals surface area contributed by atoms with Gasteiger partial charge in [-0.2, -0.15) is 0 Å². The van der Waals surface area contributed by atoms with Crippen molar-refractivity contribution in [1.29, 1.82) is 0 Å². The molecule has 0 bridgehead atoms. The fraction of sp³-hybridized carbons (Fsp3) is 0.423. The van der Waals surface area contributed by atoms with Crippen molar-refractivity contribution < 1.29 is 112 Å². The van der Waals surface area contributed by atoms with E-state index in [9.17, 15) is 52.7 Å². The molecule has 434 valence electrons. The molecule has 10 fully saturated rings. The average molecular weight is 1250 g/mol. The van der Waals surface area contributed by atoms with Gasteiger partial charge in [0.15, 0.2) is 0 Å². The molecule has 10 aliphatic rings. The Kier molecular flexibility index (Phi) is 7.08. The molecule has 10 heterocycles. The monoisotopic (exact) mass is 1250 g/mol.